The predicted octanol–water partition coefficient (Wildman–Crippen LogP) is 6.06. The Morgan fingerprint density at radius 2 is 1.61 bits per heavy atom. The molecule has 38 heavy (non-hydrogen) atoms. The molecule has 0 unspecified atom stereocenters. The number of anilines is 3. The second kappa shape index (κ2) is 10.3. The number of aromatic nitrogens is 2. The molecule has 0 bridgehead atoms. The van der Waals surface area contributed by atoms with Gasteiger partial charge >= 0.3 is 0 Å². The summed E-state index contributed by atoms with van der Waals surface area (Å²) in [6.45, 7) is 3.49. The third kappa shape index (κ3) is 4.83. The maximum atomic E-state index is 13.9. The summed E-state index contributed by atoms with van der Waals surface area (Å²) in [7, 11) is 0. The Bertz CT molecular complexity index is 1700. The van der Waals surface area contributed by atoms with Gasteiger partial charge < -0.3 is 16.4 Å². The number of nitrogens with one attached hydrogen (secondary N) is 2. The number of pyridine rings is 2. The fraction of sp³-hybridized carbons (Fsp3) is 0. The number of fused-ring (bicyclic) bond motifs is 1. The Hall–Kier alpha value is -5.37. The summed E-state index contributed by atoms with van der Waals surface area (Å²) in [5.74, 6) is -1.54. The van der Waals surface area contributed by atoms with Crippen LogP contribution in [-0.4, -0.2) is 21.8 Å². The van der Waals surface area contributed by atoms with E-state index in [-0.39, 0.29) is 11.7 Å². The zero-order valence-electron chi connectivity index (χ0n) is 20.1. The van der Waals surface area contributed by atoms with Gasteiger partial charge in [-0.3, -0.25) is 14.6 Å². The Morgan fingerprint density at radius 1 is 0.842 bits per heavy atom. The third-order valence-electron chi connectivity index (χ3n) is 6.01. The standard InChI is InChI=1S/C30H22FN5O2/c1-2-26(37)35-21-7-3-6-20(16-21)24-17-23(27(32)22-8-4-14-33-28(22)24)18-10-12-19(13-11-18)30(38)36-29-25(31)9-5-15-34-29/h2-17H,1,32H2,(H,35,37)(H,34,36,38). The Labute approximate surface area is 217 Å². The largest absolute Gasteiger partial charge is 0.398 e. The highest BCUT2D eigenvalue weighted by Crippen LogP contribution is 2.39. The molecule has 0 atom stereocenters. The highest BCUT2D eigenvalue weighted by atomic mass is 19.1. The van der Waals surface area contributed by atoms with E-state index in [0.29, 0.717) is 22.5 Å². The van der Waals surface area contributed by atoms with Gasteiger partial charge in [-0.25, -0.2) is 9.37 Å². The van der Waals surface area contributed by atoms with Gasteiger partial charge in [0.25, 0.3) is 5.91 Å². The van der Waals surface area contributed by atoms with E-state index >= 15 is 0 Å². The SMILES string of the molecule is C=CC(=O)Nc1cccc(-c2cc(-c3ccc(C(=O)Nc4ncccc4F)cc3)c(N)c3cccnc23)c1. The Kier molecular flexibility index (Phi) is 6.61. The second-order valence-electron chi connectivity index (χ2n) is 8.42. The molecular weight excluding hydrogens is 481 g/mol. The lowest BCUT2D eigenvalue weighted by Gasteiger charge is -2.15. The van der Waals surface area contributed by atoms with Gasteiger partial charge in [0.05, 0.1) is 5.52 Å². The van der Waals surface area contributed by atoms with E-state index in [2.05, 4.69) is 27.2 Å². The molecule has 0 spiro atoms. The first-order valence-electron chi connectivity index (χ1n) is 11.7. The van der Waals surface area contributed by atoms with E-state index in [1.165, 1.54) is 24.4 Å². The number of carbonyl (C=O) groups excluding carboxylic acids is 2. The summed E-state index contributed by atoms with van der Waals surface area (Å²) in [6.07, 6.45) is 4.31. The quantitative estimate of drug-likeness (QED) is 0.193. The van der Waals surface area contributed by atoms with Crippen molar-refractivity contribution in [2.75, 3.05) is 16.4 Å². The average molecular weight is 504 g/mol. The van der Waals surface area contributed by atoms with Crippen molar-refractivity contribution in [3.05, 3.63) is 115 Å². The van der Waals surface area contributed by atoms with Crippen molar-refractivity contribution >= 4 is 39.9 Å². The molecule has 3 aromatic carbocycles. The lowest BCUT2D eigenvalue weighted by molar-refractivity contribution is -0.111. The van der Waals surface area contributed by atoms with Crippen molar-refractivity contribution < 1.29 is 14.0 Å². The number of hydrogen-bond donors (Lipinski definition) is 3. The maximum Gasteiger partial charge on any atom is 0.256 e. The van der Waals surface area contributed by atoms with Gasteiger partial charge in [0, 0.05) is 45.8 Å². The fourth-order valence-electron chi connectivity index (χ4n) is 4.15. The second-order valence-corrected chi connectivity index (χ2v) is 8.42. The van der Waals surface area contributed by atoms with Crippen LogP contribution in [0.15, 0.2) is 104 Å². The van der Waals surface area contributed by atoms with Crippen LogP contribution in [0.5, 0.6) is 0 Å². The van der Waals surface area contributed by atoms with E-state index in [1.54, 1.807) is 36.5 Å². The summed E-state index contributed by atoms with van der Waals surface area (Å²) < 4.78 is 13.9. The molecule has 0 aliphatic heterocycles. The van der Waals surface area contributed by atoms with Gasteiger partial charge in [-0.15, -0.1) is 0 Å². The van der Waals surface area contributed by atoms with Crippen LogP contribution in [0.2, 0.25) is 0 Å². The minimum atomic E-state index is -0.615. The topological polar surface area (TPSA) is 110 Å². The number of carbonyl (C=O) groups is 2. The molecule has 2 amide bonds. The molecular formula is C30H22FN5O2. The third-order valence-corrected chi connectivity index (χ3v) is 6.01. The molecule has 0 saturated heterocycles. The van der Waals surface area contributed by atoms with Crippen LogP contribution in [0.1, 0.15) is 10.4 Å². The van der Waals surface area contributed by atoms with Crippen LogP contribution >= 0.6 is 0 Å². The summed E-state index contributed by atoms with van der Waals surface area (Å²) >= 11 is 0. The van der Waals surface area contributed by atoms with Gasteiger partial charge in [0.1, 0.15) is 0 Å². The Morgan fingerprint density at radius 3 is 2.37 bits per heavy atom. The zero-order chi connectivity index (χ0) is 26.6. The van der Waals surface area contributed by atoms with Gasteiger partial charge in [-0.1, -0.05) is 30.8 Å². The number of nitrogens with zero attached hydrogens (tertiary/aromatic N) is 2. The van der Waals surface area contributed by atoms with Crippen molar-refractivity contribution in [3.8, 4) is 22.3 Å². The molecule has 5 aromatic rings. The van der Waals surface area contributed by atoms with E-state index in [9.17, 15) is 14.0 Å². The normalized spacial score (nSPS) is 10.7. The smallest absolute Gasteiger partial charge is 0.256 e. The first kappa shape index (κ1) is 24.3. The summed E-state index contributed by atoms with van der Waals surface area (Å²) in [5, 5.41) is 6.03. The first-order chi connectivity index (χ1) is 18.4. The highest BCUT2D eigenvalue weighted by Gasteiger charge is 2.16. The van der Waals surface area contributed by atoms with Crippen molar-refractivity contribution in [2.24, 2.45) is 0 Å². The fourth-order valence-corrected chi connectivity index (χ4v) is 4.15. The van der Waals surface area contributed by atoms with Crippen molar-refractivity contribution in [1.29, 1.82) is 0 Å². The van der Waals surface area contributed by atoms with Crippen LogP contribution < -0.4 is 16.4 Å². The maximum absolute atomic E-state index is 13.9. The molecule has 2 heterocycles. The highest BCUT2D eigenvalue weighted by molar-refractivity contribution is 6.08. The molecule has 5 rings (SSSR count). The summed E-state index contributed by atoms with van der Waals surface area (Å²) in [6, 6.07) is 22.6. The molecule has 2 aromatic heterocycles. The van der Waals surface area contributed by atoms with E-state index in [4.69, 9.17) is 5.73 Å². The van der Waals surface area contributed by atoms with Gasteiger partial charge in [0.2, 0.25) is 5.91 Å². The molecule has 0 aliphatic rings. The number of hydrogen-bond acceptors (Lipinski definition) is 5. The Balaban J connectivity index is 1.54. The number of nitrogen functional groups attached to an aromatic ring is 1. The minimum absolute atomic E-state index is 0.135. The van der Waals surface area contributed by atoms with Crippen LogP contribution in [0, 0.1) is 5.82 Å². The van der Waals surface area contributed by atoms with Gasteiger partial charge in [0.15, 0.2) is 11.6 Å². The summed E-state index contributed by atoms with van der Waals surface area (Å²) in [5.41, 5.74) is 12.0. The molecule has 4 N–H and O–H groups in total. The molecule has 0 aliphatic carbocycles. The molecule has 186 valence electrons. The number of nitrogens with two attached hydrogens (primary N) is 1. The van der Waals surface area contributed by atoms with Crippen LogP contribution in [-0.2, 0) is 4.79 Å². The molecule has 0 radical (unpaired) electrons. The van der Waals surface area contributed by atoms with Crippen molar-refractivity contribution in [2.45, 2.75) is 0 Å². The van der Waals surface area contributed by atoms with Crippen molar-refractivity contribution in [1.82, 2.24) is 9.97 Å². The monoisotopic (exact) mass is 503 g/mol. The average Bonchev–Trinajstić information content (AvgIpc) is 2.95. The number of halogens is 1. The van der Waals surface area contributed by atoms with Crippen LogP contribution in [0.3, 0.4) is 0 Å². The lowest BCUT2D eigenvalue weighted by Crippen LogP contribution is -2.14. The van der Waals surface area contributed by atoms with E-state index < -0.39 is 11.7 Å². The first-order valence-corrected chi connectivity index (χ1v) is 11.7. The molecule has 7 nitrogen and oxygen atoms in total. The molecule has 0 saturated carbocycles. The number of amides is 2. The number of rotatable bonds is 6. The van der Waals surface area contributed by atoms with Crippen LogP contribution in [0.4, 0.5) is 21.6 Å². The van der Waals surface area contributed by atoms with E-state index in [1.807, 2.05) is 36.4 Å². The number of benzene rings is 3. The lowest BCUT2D eigenvalue weighted by atomic mass is 9.93. The summed E-state index contributed by atoms with van der Waals surface area (Å²) in [4.78, 5) is 32.9. The minimum Gasteiger partial charge on any atom is -0.398 e. The zero-order valence-corrected chi connectivity index (χ0v) is 20.1. The predicted molar refractivity (Wildman–Crippen MR) is 148 cm³/mol. The molecule has 0 fully saturated rings. The van der Waals surface area contributed by atoms with E-state index in [0.717, 1.165) is 27.6 Å². The van der Waals surface area contributed by atoms with Crippen LogP contribution in [0.25, 0.3) is 33.2 Å². The van der Waals surface area contributed by atoms with Gasteiger partial charge in [-0.2, -0.15) is 0 Å². The molecule has 8 heteroatoms. The van der Waals surface area contributed by atoms with Gasteiger partial charge in [-0.05, 0) is 71.8 Å². The van der Waals surface area contributed by atoms with Crippen molar-refractivity contribution in [3.63, 3.8) is 0 Å².